The predicted octanol–water partition coefficient (Wildman–Crippen LogP) is 1.97. The Morgan fingerprint density at radius 2 is 1.93 bits per heavy atom. The van der Waals surface area contributed by atoms with Crippen LogP contribution in [0.4, 0.5) is 5.69 Å². The predicted molar refractivity (Wildman–Crippen MR) is 107 cm³/mol. The molecular formula is C20H24N2O5S. The van der Waals surface area contributed by atoms with Crippen LogP contribution in [0.5, 0.6) is 11.5 Å². The molecule has 1 amide bonds. The Hall–Kier alpha value is -2.74. The molecular weight excluding hydrogens is 380 g/mol. The van der Waals surface area contributed by atoms with Crippen molar-refractivity contribution in [1.29, 1.82) is 0 Å². The molecule has 3 rings (SSSR count). The molecule has 0 aliphatic carbocycles. The standard InChI is InChI=1S/C20H24N2O5S/c1-3-15-8-10-16(11-9-15)26-13-12-21-20(23)19-14-22(28(2,24)25)17-6-4-5-7-18(17)27-19/h4-11,19H,3,12-14H2,1-2H3,(H,21,23)/t19-/m0/s1. The van der Waals surface area contributed by atoms with Crippen molar-refractivity contribution in [3.8, 4) is 11.5 Å². The Morgan fingerprint density at radius 1 is 1.21 bits per heavy atom. The molecule has 2 aromatic carbocycles. The zero-order valence-corrected chi connectivity index (χ0v) is 16.7. The summed E-state index contributed by atoms with van der Waals surface area (Å²) in [6.45, 7) is 2.61. The minimum absolute atomic E-state index is 0.0684. The third-order valence-electron chi connectivity index (χ3n) is 4.43. The summed E-state index contributed by atoms with van der Waals surface area (Å²) in [5.41, 5.74) is 1.67. The number of nitrogens with one attached hydrogen (secondary N) is 1. The van der Waals surface area contributed by atoms with Gasteiger partial charge in [-0.15, -0.1) is 0 Å². The first-order valence-corrected chi connectivity index (χ1v) is 11.0. The number of carbonyl (C=O) groups is 1. The molecule has 1 atom stereocenters. The quantitative estimate of drug-likeness (QED) is 0.713. The second-order valence-corrected chi connectivity index (χ2v) is 8.41. The van der Waals surface area contributed by atoms with Gasteiger partial charge in [-0.3, -0.25) is 9.10 Å². The zero-order valence-electron chi connectivity index (χ0n) is 15.9. The van der Waals surface area contributed by atoms with Gasteiger partial charge in [0.2, 0.25) is 10.0 Å². The highest BCUT2D eigenvalue weighted by molar-refractivity contribution is 7.92. The molecule has 7 nitrogen and oxygen atoms in total. The lowest BCUT2D eigenvalue weighted by Crippen LogP contribution is -2.51. The summed E-state index contributed by atoms with van der Waals surface area (Å²) in [4.78, 5) is 12.5. The number of benzene rings is 2. The van der Waals surface area contributed by atoms with Crippen molar-refractivity contribution in [2.24, 2.45) is 0 Å². The summed E-state index contributed by atoms with van der Waals surface area (Å²) in [7, 11) is -3.52. The van der Waals surface area contributed by atoms with E-state index in [-0.39, 0.29) is 19.0 Å². The van der Waals surface area contributed by atoms with Gasteiger partial charge in [0.15, 0.2) is 6.10 Å². The summed E-state index contributed by atoms with van der Waals surface area (Å²) in [6, 6.07) is 14.6. The third kappa shape index (κ3) is 4.75. The molecule has 1 aliphatic heterocycles. The summed E-state index contributed by atoms with van der Waals surface area (Å²) in [5.74, 6) is 0.720. The molecule has 0 aromatic heterocycles. The van der Waals surface area contributed by atoms with Gasteiger partial charge in [-0.25, -0.2) is 8.42 Å². The number of hydrogen-bond donors (Lipinski definition) is 1. The third-order valence-corrected chi connectivity index (χ3v) is 5.58. The number of nitrogens with zero attached hydrogens (tertiary/aromatic N) is 1. The van der Waals surface area contributed by atoms with Crippen molar-refractivity contribution in [2.45, 2.75) is 19.4 Å². The molecule has 8 heteroatoms. The number of amides is 1. The Labute approximate surface area is 165 Å². The molecule has 0 spiro atoms. The maximum atomic E-state index is 12.5. The normalized spacial score (nSPS) is 16.1. The van der Waals surface area contributed by atoms with Crippen LogP contribution in [0.15, 0.2) is 48.5 Å². The second kappa shape index (κ2) is 8.52. The summed E-state index contributed by atoms with van der Waals surface area (Å²) in [6.07, 6.45) is 1.15. The SMILES string of the molecule is CCc1ccc(OCCNC(=O)[C@@H]2CN(S(C)(=O)=O)c3ccccc3O2)cc1. The molecule has 1 heterocycles. The first kappa shape index (κ1) is 20.0. The monoisotopic (exact) mass is 404 g/mol. The molecule has 0 unspecified atom stereocenters. The van der Waals surface area contributed by atoms with Crippen molar-refractivity contribution in [2.75, 3.05) is 30.3 Å². The smallest absolute Gasteiger partial charge is 0.263 e. The molecule has 1 N–H and O–H groups in total. The number of para-hydroxylation sites is 2. The topological polar surface area (TPSA) is 84.9 Å². The van der Waals surface area contributed by atoms with Crippen LogP contribution < -0.4 is 19.1 Å². The van der Waals surface area contributed by atoms with E-state index in [1.807, 2.05) is 24.3 Å². The van der Waals surface area contributed by atoms with Crippen molar-refractivity contribution in [1.82, 2.24) is 5.32 Å². The molecule has 0 saturated carbocycles. The zero-order chi connectivity index (χ0) is 20.1. The first-order chi connectivity index (χ1) is 13.4. The van der Waals surface area contributed by atoms with Gasteiger partial charge in [-0.05, 0) is 36.2 Å². The highest BCUT2D eigenvalue weighted by Gasteiger charge is 2.34. The van der Waals surface area contributed by atoms with E-state index in [1.165, 1.54) is 9.87 Å². The lowest BCUT2D eigenvalue weighted by molar-refractivity contribution is -0.127. The van der Waals surface area contributed by atoms with E-state index in [4.69, 9.17) is 9.47 Å². The Kier molecular flexibility index (Phi) is 6.08. The molecule has 150 valence electrons. The Morgan fingerprint density at radius 3 is 2.61 bits per heavy atom. The molecule has 28 heavy (non-hydrogen) atoms. The number of rotatable bonds is 7. The average Bonchev–Trinajstić information content (AvgIpc) is 2.70. The van der Waals surface area contributed by atoms with Gasteiger partial charge in [0.25, 0.3) is 5.91 Å². The van der Waals surface area contributed by atoms with Crippen LogP contribution >= 0.6 is 0 Å². The van der Waals surface area contributed by atoms with Crippen LogP contribution in [0.3, 0.4) is 0 Å². The van der Waals surface area contributed by atoms with Crippen LogP contribution in [0, 0.1) is 0 Å². The van der Waals surface area contributed by atoms with Gasteiger partial charge >= 0.3 is 0 Å². The van der Waals surface area contributed by atoms with E-state index in [2.05, 4.69) is 12.2 Å². The highest BCUT2D eigenvalue weighted by atomic mass is 32.2. The largest absolute Gasteiger partial charge is 0.492 e. The lowest BCUT2D eigenvalue weighted by atomic mass is 10.2. The minimum Gasteiger partial charge on any atom is -0.492 e. The lowest BCUT2D eigenvalue weighted by Gasteiger charge is -2.33. The van der Waals surface area contributed by atoms with E-state index in [9.17, 15) is 13.2 Å². The molecule has 0 radical (unpaired) electrons. The maximum absolute atomic E-state index is 12.5. The van der Waals surface area contributed by atoms with Gasteiger partial charge < -0.3 is 14.8 Å². The average molecular weight is 404 g/mol. The van der Waals surface area contributed by atoms with Gasteiger partial charge in [-0.2, -0.15) is 0 Å². The van der Waals surface area contributed by atoms with Crippen molar-refractivity contribution in [3.05, 3.63) is 54.1 Å². The van der Waals surface area contributed by atoms with Crippen LogP contribution in [0.25, 0.3) is 0 Å². The minimum atomic E-state index is -3.52. The van der Waals surface area contributed by atoms with Crippen molar-refractivity contribution in [3.63, 3.8) is 0 Å². The number of ether oxygens (including phenoxy) is 2. The number of carbonyl (C=O) groups excluding carboxylic acids is 1. The van der Waals surface area contributed by atoms with Gasteiger partial charge in [-0.1, -0.05) is 31.2 Å². The van der Waals surface area contributed by atoms with Crippen LogP contribution in [-0.2, 0) is 21.2 Å². The summed E-state index contributed by atoms with van der Waals surface area (Å²) < 4.78 is 36.7. The van der Waals surface area contributed by atoms with Crippen LogP contribution in [-0.4, -0.2) is 46.4 Å². The highest BCUT2D eigenvalue weighted by Crippen LogP contribution is 2.34. The Bertz CT molecular complexity index is 928. The fourth-order valence-corrected chi connectivity index (χ4v) is 3.85. The van der Waals surface area contributed by atoms with Crippen molar-refractivity contribution >= 4 is 21.6 Å². The fourth-order valence-electron chi connectivity index (χ4n) is 2.93. The number of fused-ring (bicyclic) bond motifs is 1. The van der Waals surface area contributed by atoms with Crippen LogP contribution in [0.2, 0.25) is 0 Å². The number of sulfonamides is 1. The van der Waals surface area contributed by atoms with Gasteiger partial charge in [0.05, 0.1) is 25.0 Å². The molecule has 0 saturated heterocycles. The van der Waals surface area contributed by atoms with Gasteiger partial charge in [0, 0.05) is 0 Å². The Balaban J connectivity index is 1.55. The van der Waals surface area contributed by atoms with E-state index < -0.39 is 16.1 Å². The number of anilines is 1. The van der Waals surface area contributed by atoms with Gasteiger partial charge in [0.1, 0.15) is 18.1 Å². The molecule has 2 aromatic rings. The van der Waals surface area contributed by atoms with E-state index in [0.717, 1.165) is 18.4 Å². The van der Waals surface area contributed by atoms with E-state index >= 15 is 0 Å². The molecule has 0 bridgehead atoms. The number of hydrogen-bond acceptors (Lipinski definition) is 5. The van der Waals surface area contributed by atoms with Crippen molar-refractivity contribution < 1.29 is 22.7 Å². The summed E-state index contributed by atoms with van der Waals surface area (Å²) >= 11 is 0. The van der Waals surface area contributed by atoms with E-state index in [1.54, 1.807) is 24.3 Å². The molecule has 1 aliphatic rings. The van der Waals surface area contributed by atoms with E-state index in [0.29, 0.717) is 18.0 Å². The second-order valence-electron chi connectivity index (χ2n) is 6.51. The maximum Gasteiger partial charge on any atom is 0.263 e. The summed E-state index contributed by atoms with van der Waals surface area (Å²) in [5, 5.41) is 2.74. The van der Waals surface area contributed by atoms with Crippen LogP contribution in [0.1, 0.15) is 12.5 Å². The number of aryl methyl sites for hydroxylation is 1. The fraction of sp³-hybridized carbons (Fsp3) is 0.350. The first-order valence-electron chi connectivity index (χ1n) is 9.11. The molecule has 0 fully saturated rings.